The Hall–Kier alpha value is -1.10. The van der Waals surface area contributed by atoms with Crippen molar-refractivity contribution in [3.8, 4) is 5.75 Å². The van der Waals surface area contributed by atoms with Crippen molar-refractivity contribution >= 4 is 0 Å². The maximum atomic E-state index is 10.8. The van der Waals surface area contributed by atoms with E-state index < -0.39 is 11.7 Å². The van der Waals surface area contributed by atoms with Gasteiger partial charge in [0, 0.05) is 12.1 Å². The highest BCUT2D eigenvalue weighted by Crippen LogP contribution is 2.43. The van der Waals surface area contributed by atoms with Gasteiger partial charge >= 0.3 is 0 Å². The molecule has 2 N–H and O–H groups in total. The third-order valence-corrected chi connectivity index (χ3v) is 4.13. The van der Waals surface area contributed by atoms with Gasteiger partial charge in [0.05, 0.1) is 12.6 Å². The Balaban J connectivity index is 2.44. The third kappa shape index (κ3) is 2.55. The van der Waals surface area contributed by atoms with Crippen molar-refractivity contribution in [3.05, 3.63) is 29.3 Å². The van der Waals surface area contributed by atoms with Crippen LogP contribution in [0.3, 0.4) is 0 Å². The Morgan fingerprint density at radius 2 is 2.05 bits per heavy atom. The molecule has 0 fully saturated rings. The van der Waals surface area contributed by atoms with E-state index in [4.69, 9.17) is 9.84 Å². The second-order valence-corrected chi connectivity index (χ2v) is 5.99. The van der Waals surface area contributed by atoms with Crippen LogP contribution in [0.1, 0.15) is 38.0 Å². The predicted molar refractivity (Wildman–Crippen MR) is 79.0 cm³/mol. The summed E-state index contributed by atoms with van der Waals surface area (Å²) in [6.07, 6.45) is 0.264. The number of para-hydroxylation sites is 1. The van der Waals surface area contributed by atoms with Crippen molar-refractivity contribution in [1.29, 1.82) is 0 Å². The molecule has 1 aliphatic heterocycles. The van der Waals surface area contributed by atoms with E-state index in [1.54, 1.807) is 0 Å². The number of aryl methyl sites for hydroxylation is 1. The van der Waals surface area contributed by atoms with Crippen molar-refractivity contribution in [2.24, 2.45) is 0 Å². The summed E-state index contributed by atoms with van der Waals surface area (Å²) in [5, 5.41) is 19.9. The molecule has 2 atom stereocenters. The fourth-order valence-electron chi connectivity index (χ4n) is 3.18. The average molecular weight is 279 g/mol. The summed E-state index contributed by atoms with van der Waals surface area (Å²) < 4.78 is 6.21. The third-order valence-electron chi connectivity index (χ3n) is 4.13. The van der Waals surface area contributed by atoms with Crippen molar-refractivity contribution < 1.29 is 14.9 Å². The molecule has 2 rings (SSSR count). The summed E-state index contributed by atoms with van der Waals surface area (Å²) in [4.78, 5) is 1.96. The molecule has 20 heavy (non-hydrogen) atoms. The molecule has 1 aromatic rings. The summed E-state index contributed by atoms with van der Waals surface area (Å²) in [5.41, 5.74) is 1.46. The lowest BCUT2D eigenvalue weighted by Crippen LogP contribution is -2.57. The largest absolute Gasteiger partial charge is 0.485 e. The number of aliphatic hydroxyl groups excluding tert-OH is 2. The molecule has 1 heterocycles. The van der Waals surface area contributed by atoms with Gasteiger partial charge in [-0.1, -0.05) is 25.1 Å². The van der Waals surface area contributed by atoms with Gasteiger partial charge in [-0.15, -0.1) is 0 Å². The van der Waals surface area contributed by atoms with Crippen LogP contribution in [-0.4, -0.2) is 47.0 Å². The van der Waals surface area contributed by atoms with E-state index in [-0.39, 0.29) is 12.6 Å². The summed E-state index contributed by atoms with van der Waals surface area (Å²) in [5.74, 6) is 0.821. The van der Waals surface area contributed by atoms with Crippen LogP contribution in [0.15, 0.2) is 18.2 Å². The first-order valence-electron chi connectivity index (χ1n) is 7.22. The van der Waals surface area contributed by atoms with Crippen LogP contribution in [0.4, 0.5) is 0 Å². The van der Waals surface area contributed by atoms with Crippen LogP contribution in [0, 0.1) is 0 Å². The van der Waals surface area contributed by atoms with Crippen LogP contribution in [-0.2, 0) is 6.42 Å². The zero-order valence-electron chi connectivity index (χ0n) is 12.8. The molecule has 0 amide bonds. The van der Waals surface area contributed by atoms with Gasteiger partial charge in [0.1, 0.15) is 17.5 Å². The molecule has 4 heteroatoms. The fraction of sp³-hybridized carbons (Fsp3) is 0.625. The SMILES string of the molecule is CCc1cccc2c1OC(C)(C)C(N(C)CCO)C2O. The highest BCUT2D eigenvalue weighted by atomic mass is 16.5. The second-order valence-electron chi connectivity index (χ2n) is 5.99. The minimum atomic E-state index is -0.614. The molecule has 112 valence electrons. The number of hydrogen-bond acceptors (Lipinski definition) is 4. The first-order chi connectivity index (χ1) is 9.42. The van der Waals surface area contributed by atoms with Gasteiger partial charge in [-0.05, 0) is 32.9 Å². The van der Waals surface area contributed by atoms with E-state index >= 15 is 0 Å². The zero-order chi connectivity index (χ0) is 14.9. The molecule has 0 saturated heterocycles. The van der Waals surface area contributed by atoms with E-state index in [2.05, 4.69) is 6.92 Å². The average Bonchev–Trinajstić information content (AvgIpc) is 2.37. The van der Waals surface area contributed by atoms with Gasteiger partial charge in [0.25, 0.3) is 0 Å². The Morgan fingerprint density at radius 1 is 1.35 bits per heavy atom. The van der Waals surface area contributed by atoms with E-state index in [0.717, 1.165) is 23.3 Å². The maximum absolute atomic E-state index is 10.8. The number of fused-ring (bicyclic) bond motifs is 1. The Bertz CT molecular complexity index is 473. The monoisotopic (exact) mass is 279 g/mol. The second kappa shape index (κ2) is 5.72. The summed E-state index contributed by atoms with van der Waals surface area (Å²) in [7, 11) is 1.91. The first kappa shape index (κ1) is 15.3. The number of hydrogen-bond donors (Lipinski definition) is 2. The van der Waals surface area contributed by atoms with Crippen molar-refractivity contribution in [2.75, 3.05) is 20.2 Å². The van der Waals surface area contributed by atoms with Gasteiger partial charge in [-0.25, -0.2) is 0 Å². The molecule has 0 spiro atoms. The maximum Gasteiger partial charge on any atom is 0.129 e. The molecule has 0 aromatic heterocycles. The topological polar surface area (TPSA) is 52.9 Å². The molecule has 1 aromatic carbocycles. The minimum absolute atomic E-state index is 0.0671. The molecular weight excluding hydrogens is 254 g/mol. The Kier molecular flexibility index (Phi) is 4.37. The summed E-state index contributed by atoms with van der Waals surface area (Å²) >= 11 is 0. The zero-order valence-corrected chi connectivity index (χ0v) is 12.8. The van der Waals surface area contributed by atoms with Crippen LogP contribution < -0.4 is 4.74 Å². The lowest BCUT2D eigenvalue weighted by atomic mass is 9.84. The Morgan fingerprint density at radius 3 is 2.65 bits per heavy atom. The molecule has 1 aliphatic rings. The smallest absolute Gasteiger partial charge is 0.129 e. The molecule has 0 aliphatic carbocycles. The van der Waals surface area contributed by atoms with E-state index in [0.29, 0.717) is 6.54 Å². The van der Waals surface area contributed by atoms with E-state index in [9.17, 15) is 5.11 Å². The molecule has 2 unspecified atom stereocenters. The number of aliphatic hydroxyl groups is 2. The highest BCUT2D eigenvalue weighted by Gasteiger charge is 2.45. The number of ether oxygens (including phenoxy) is 1. The molecular formula is C16H25NO3. The van der Waals surface area contributed by atoms with Gasteiger partial charge in [-0.2, -0.15) is 0 Å². The minimum Gasteiger partial charge on any atom is -0.485 e. The lowest BCUT2D eigenvalue weighted by Gasteiger charge is -2.47. The van der Waals surface area contributed by atoms with Crippen molar-refractivity contribution in [1.82, 2.24) is 4.90 Å². The number of likely N-dealkylation sites (N-methyl/N-ethyl adjacent to an activating group) is 1. The number of nitrogens with zero attached hydrogens (tertiary/aromatic N) is 1. The lowest BCUT2D eigenvalue weighted by molar-refractivity contribution is -0.0777. The standard InChI is InChI=1S/C16H25NO3/c1-5-11-7-6-8-12-13(19)15(17(4)9-10-18)16(2,3)20-14(11)12/h6-8,13,15,18-19H,5,9-10H2,1-4H3. The molecule has 0 saturated carbocycles. The van der Waals surface area contributed by atoms with Gasteiger partial charge in [-0.3, -0.25) is 4.90 Å². The number of rotatable bonds is 4. The molecule has 4 nitrogen and oxygen atoms in total. The van der Waals surface area contributed by atoms with Crippen LogP contribution >= 0.6 is 0 Å². The van der Waals surface area contributed by atoms with Gasteiger partial charge in [0.2, 0.25) is 0 Å². The highest BCUT2D eigenvalue weighted by molar-refractivity contribution is 5.46. The van der Waals surface area contributed by atoms with E-state index in [1.807, 2.05) is 44.0 Å². The van der Waals surface area contributed by atoms with Crippen LogP contribution in [0.2, 0.25) is 0 Å². The predicted octanol–water partition coefficient (Wildman–Crippen LogP) is 1.75. The van der Waals surface area contributed by atoms with Gasteiger partial charge in [0.15, 0.2) is 0 Å². The van der Waals surface area contributed by atoms with Crippen molar-refractivity contribution in [3.63, 3.8) is 0 Å². The fourth-order valence-corrected chi connectivity index (χ4v) is 3.18. The number of benzene rings is 1. The summed E-state index contributed by atoms with van der Waals surface area (Å²) in [6.45, 7) is 6.64. The van der Waals surface area contributed by atoms with Gasteiger partial charge < -0.3 is 14.9 Å². The van der Waals surface area contributed by atoms with E-state index in [1.165, 1.54) is 0 Å². The normalized spacial score (nSPS) is 24.4. The van der Waals surface area contributed by atoms with Crippen LogP contribution in [0.25, 0.3) is 0 Å². The molecule has 0 bridgehead atoms. The molecule has 0 radical (unpaired) electrons. The van der Waals surface area contributed by atoms with Crippen LogP contribution in [0.5, 0.6) is 5.75 Å². The summed E-state index contributed by atoms with van der Waals surface area (Å²) in [6, 6.07) is 5.74. The quantitative estimate of drug-likeness (QED) is 0.881. The van der Waals surface area contributed by atoms with Crippen molar-refractivity contribution in [2.45, 2.75) is 44.9 Å². The first-order valence-corrected chi connectivity index (χ1v) is 7.22. The Labute approximate surface area is 121 Å².